The first-order valence-corrected chi connectivity index (χ1v) is 11.5. The Bertz CT molecular complexity index is 1210. The molecule has 0 aromatic heterocycles. The molecule has 1 heteroatoms. The molecule has 1 unspecified atom stereocenters. The van der Waals surface area contributed by atoms with E-state index in [9.17, 15) is 0 Å². The van der Waals surface area contributed by atoms with Crippen LogP contribution < -0.4 is 0 Å². The third kappa shape index (κ3) is 3.92. The van der Waals surface area contributed by atoms with E-state index in [4.69, 9.17) is 4.74 Å². The maximum Gasteiger partial charge on any atom is 0.0503 e. The van der Waals surface area contributed by atoms with Crippen LogP contribution in [0.15, 0.2) is 115 Å². The molecule has 158 valence electrons. The highest BCUT2D eigenvalue weighted by atomic mass is 16.5. The number of benzene rings is 4. The van der Waals surface area contributed by atoms with Crippen LogP contribution in [0.25, 0.3) is 16.7 Å². The van der Waals surface area contributed by atoms with Crippen molar-refractivity contribution >= 4 is 5.57 Å². The normalized spacial score (nSPS) is 15.1. The number of ether oxygens (including phenoxy) is 1. The molecule has 1 nitrogen and oxygen atoms in total. The Hall–Kier alpha value is -3.42. The van der Waals surface area contributed by atoms with Gasteiger partial charge in [-0.2, -0.15) is 0 Å². The molecule has 0 aliphatic heterocycles. The SMILES string of the molecule is CCOCCC1=C(c2ccccc2)c2cc(-c3ccccc3)ccc2C1c1ccccc1. The summed E-state index contributed by atoms with van der Waals surface area (Å²) in [6, 6.07) is 39.4. The average molecular weight is 417 g/mol. The molecule has 4 aromatic rings. The Kier molecular flexibility index (Phi) is 6.00. The summed E-state index contributed by atoms with van der Waals surface area (Å²) in [7, 11) is 0. The molecule has 1 aliphatic rings. The Morgan fingerprint density at radius 3 is 1.94 bits per heavy atom. The first-order chi connectivity index (χ1) is 15.9. The van der Waals surface area contributed by atoms with E-state index >= 15 is 0 Å². The van der Waals surface area contributed by atoms with Gasteiger partial charge < -0.3 is 4.74 Å². The van der Waals surface area contributed by atoms with E-state index in [1.807, 2.05) is 0 Å². The molecule has 0 bridgehead atoms. The Labute approximate surface area is 191 Å². The molecule has 0 fully saturated rings. The van der Waals surface area contributed by atoms with Crippen molar-refractivity contribution < 1.29 is 4.74 Å². The van der Waals surface area contributed by atoms with E-state index in [-0.39, 0.29) is 5.92 Å². The minimum Gasteiger partial charge on any atom is -0.381 e. The lowest BCUT2D eigenvalue weighted by Crippen LogP contribution is -2.05. The molecule has 0 heterocycles. The van der Waals surface area contributed by atoms with Crippen molar-refractivity contribution in [3.63, 3.8) is 0 Å². The van der Waals surface area contributed by atoms with Crippen molar-refractivity contribution in [2.45, 2.75) is 19.3 Å². The molecule has 0 radical (unpaired) electrons. The molecule has 0 N–H and O–H groups in total. The van der Waals surface area contributed by atoms with E-state index < -0.39 is 0 Å². The second-order valence-electron chi connectivity index (χ2n) is 8.22. The lowest BCUT2D eigenvalue weighted by Gasteiger charge is -2.18. The largest absolute Gasteiger partial charge is 0.381 e. The smallest absolute Gasteiger partial charge is 0.0503 e. The van der Waals surface area contributed by atoms with Gasteiger partial charge in [0.1, 0.15) is 0 Å². The summed E-state index contributed by atoms with van der Waals surface area (Å²) in [4.78, 5) is 0. The quantitative estimate of drug-likeness (QED) is 0.280. The first kappa shape index (κ1) is 20.5. The number of fused-ring (bicyclic) bond motifs is 1. The van der Waals surface area contributed by atoms with E-state index in [0.29, 0.717) is 0 Å². The summed E-state index contributed by atoms with van der Waals surface area (Å²) in [5, 5.41) is 0. The predicted molar refractivity (Wildman–Crippen MR) is 134 cm³/mol. The summed E-state index contributed by atoms with van der Waals surface area (Å²) in [6.45, 7) is 3.55. The van der Waals surface area contributed by atoms with Gasteiger partial charge in [-0.15, -0.1) is 0 Å². The maximum atomic E-state index is 5.82. The van der Waals surface area contributed by atoms with Crippen molar-refractivity contribution in [1.82, 2.24) is 0 Å². The van der Waals surface area contributed by atoms with Gasteiger partial charge in [-0.25, -0.2) is 0 Å². The van der Waals surface area contributed by atoms with Gasteiger partial charge in [0.2, 0.25) is 0 Å². The Balaban J connectivity index is 1.72. The van der Waals surface area contributed by atoms with E-state index in [0.717, 1.165) is 19.6 Å². The van der Waals surface area contributed by atoms with Crippen LogP contribution in [-0.2, 0) is 4.74 Å². The zero-order chi connectivity index (χ0) is 21.8. The summed E-state index contributed by atoms with van der Waals surface area (Å²) in [5.41, 5.74) is 10.7. The van der Waals surface area contributed by atoms with Crippen LogP contribution in [0.2, 0.25) is 0 Å². The average Bonchev–Trinajstić information content (AvgIpc) is 3.19. The minimum atomic E-state index is 0.256. The predicted octanol–water partition coefficient (Wildman–Crippen LogP) is 7.73. The molecule has 1 aliphatic carbocycles. The monoisotopic (exact) mass is 416 g/mol. The van der Waals surface area contributed by atoms with Crippen molar-refractivity contribution in [2.75, 3.05) is 13.2 Å². The number of hydrogen-bond donors (Lipinski definition) is 0. The zero-order valence-electron chi connectivity index (χ0n) is 18.5. The van der Waals surface area contributed by atoms with E-state index in [2.05, 4.69) is 116 Å². The van der Waals surface area contributed by atoms with Crippen molar-refractivity contribution in [3.05, 3.63) is 137 Å². The molecule has 5 rings (SSSR count). The molecule has 0 spiro atoms. The molecule has 0 saturated carbocycles. The summed E-state index contributed by atoms with van der Waals surface area (Å²) >= 11 is 0. The molecule has 4 aromatic carbocycles. The van der Waals surface area contributed by atoms with Gasteiger partial charge >= 0.3 is 0 Å². The van der Waals surface area contributed by atoms with Gasteiger partial charge in [-0.1, -0.05) is 103 Å². The fourth-order valence-corrected chi connectivity index (χ4v) is 4.91. The lowest BCUT2D eigenvalue weighted by molar-refractivity contribution is 0.150. The van der Waals surface area contributed by atoms with Crippen LogP contribution in [0.5, 0.6) is 0 Å². The zero-order valence-corrected chi connectivity index (χ0v) is 18.5. The van der Waals surface area contributed by atoms with Crippen LogP contribution in [0.4, 0.5) is 0 Å². The second-order valence-corrected chi connectivity index (χ2v) is 8.22. The molecular formula is C31H28O. The van der Waals surface area contributed by atoms with Gasteiger partial charge in [-0.3, -0.25) is 0 Å². The fourth-order valence-electron chi connectivity index (χ4n) is 4.91. The van der Waals surface area contributed by atoms with Crippen LogP contribution in [-0.4, -0.2) is 13.2 Å². The Morgan fingerprint density at radius 2 is 1.28 bits per heavy atom. The van der Waals surface area contributed by atoms with Gasteiger partial charge in [0, 0.05) is 12.5 Å². The lowest BCUT2D eigenvalue weighted by atomic mass is 9.86. The third-order valence-electron chi connectivity index (χ3n) is 6.33. The maximum absolute atomic E-state index is 5.82. The fraction of sp³-hybridized carbons (Fsp3) is 0.161. The summed E-state index contributed by atoms with van der Waals surface area (Å²) in [5.74, 6) is 0.256. The van der Waals surface area contributed by atoms with Crippen LogP contribution in [0, 0.1) is 0 Å². The third-order valence-corrected chi connectivity index (χ3v) is 6.33. The molecular weight excluding hydrogens is 388 g/mol. The van der Waals surface area contributed by atoms with Crippen molar-refractivity contribution in [1.29, 1.82) is 0 Å². The molecule has 0 saturated heterocycles. The van der Waals surface area contributed by atoms with Crippen LogP contribution >= 0.6 is 0 Å². The molecule has 1 atom stereocenters. The molecule has 0 amide bonds. The van der Waals surface area contributed by atoms with E-state index in [1.54, 1.807) is 0 Å². The topological polar surface area (TPSA) is 9.23 Å². The van der Waals surface area contributed by atoms with E-state index in [1.165, 1.54) is 44.5 Å². The van der Waals surface area contributed by atoms with Gasteiger partial charge in [0.25, 0.3) is 0 Å². The standard InChI is InChI=1S/C31H28O/c1-2-32-21-20-28-30(24-14-8-4-9-15-24)27-19-18-26(23-12-6-3-7-13-23)22-29(27)31(28)25-16-10-5-11-17-25/h3-19,22,30H,2,20-21H2,1H3. The van der Waals surface area contributed by atoms with Crippen LogP contribution in [0.3, 0.4) is 0 Å². The van der Waals surface area contributed by atoms with Gasteiger partial charge in [0.15, 0.2) is 0 Å². The highest BCUT2D eigenvalue weighted by Gasteiger charge is 2.33. The Morgan fingerprint density at radius 1 is 0.656 bits per heavy atom. The van der Waals surface area contributed by atoms with Crippen molar-refractivity contribution in [3.8, 4) is 11.1 Å². The summed E-state index contributed by atoms with van der Waals surface area (Å²) in [6.07, 6.45) is 0.924. The highest BCUT2D eigenvalue weighted by Crippen LogP contribution is 2.50. The van der Waals surface area contributed by atoms with Gasteiger partial charge in [0.05, 0.1) is 6.61 Å². The second kappa shape index (κ2) is 9.38. The number of hydrogen-bond acceptors (Lipinski definition) is 1. The first-order valence-electron chi connectivity index (χ1n) is 11.5. The number of rotatable bonds is 7. The van der Waals surface area contributed by atoms with Crippen LogP contribution in [0.1, 0.15) is 41.5 Å². The minimum absolute atomic E-state index is 0.256. The highest BCUT2D eigenvalue weighted by molar-refractivity contribution is 5.91. The summed E-state index contributed by atoms with van der Waals surface area (Å²) < 4.78 is 5.82. The molecule has 32 heavy (non-hydrogen) atoms. The van der Waals surface area contributed by atoms with Gasteiger partial charge in [-0.05, 0) is 63.9 Å². The van der Waals surface area contributed by atoms with Crippen molar-refractivity contribution in [2.24, 2.45) is 0 Å².